The van der Waals surface area contributed by atoms with Crippen LogP contribution in [-0.4, -0.2) is 25.5 Å². The van der Waals surface area contributed by atoms with E-state index in [1.54, 1.807) is 15.9 Å². The van der Waals surface area contributed by atoms with E-state index in [2.05, 4.69) is 41.6 Å². The summed E-state index contributed by atoms with van der Waals surface area (Å²) >= 11 is 4.95. The van der Waals surface area contributed by atoms with E-state index in [-0.39, 0.29) is 11.9 Å². The second-order valence-electron chi connectivity index (χ2n) is 6.12. The quantitative estimate of drug-likeness (QED) is 0.420. The summed E-state index contributed by atoms with van der Waals surface area (Å²) in [7, 11) is 0. The first kappa shape index (κ1) is 18.4. The fourth-order valence-electron chi connectivity index (χ4n) is 2.69. The highest BCUT2D eigenvalue weighted by atomic mass is 79.9. The van der Waals surface area contributed by atoms with Gasteiger partial charge in [-0.05, 0) is 53.2 Å². The predicted octanol–water partition coefficient (Wildman–Crippen LogP) is 3.76. The van der Waals surface area contributed by atoms with Gasteiger partial charge in [0.2, 0.25) is 11.9 Å². The van der Waals surface area contributed by atoms with Crippen molar-refractivity contribution in [3.63, 3.8) is 0 Å². The van der Waals surface area contributed by atoms with Gasteiger partial charge in [-0.25, -0.2) is 4.98 Å². The molecular weight excluding hydrogens is 442 g/mol. The van der Waals surface area contributed by atoms with Crippen LogP contribution >= 0.6 is 27.3 Å². The second kappa shape index (κ2) is 7.56. The molecule has 4 aromatic rings. The standard InChI is InChI=1S/C18H16BrN7OS/c1-10-6-15(26-18(21-10)24-17(20)25-26)22-12-2-4-13(5-3-12)23-16(27)8-14-7-11(19)9-28-14/h2-7,9,22H,8H2,1H3,(H2,20,25)(H,23,27). The minimum absolute atomic E-state index is 0.0559. The maximum atomic E-state index is 12.2. The van der Waals surface area contributed by atoms with Crippen LogP contribution in [0.25, 0.3) is 5.78 Å². The molecule has 0 radical (unpaired) electrons. The molecule has 10 heteroatoms. The van der Waals surface area contributed by atoms with Gasteiger partial charge in [-0.2, -0.15) is 9.50 Å². The number of carbonyl (C=O) groups is 1. The van der Waals surface area contributed by atoms with Crippen molar-refractivity contribution in [3.8, 4) is 0 Å². The van der Waals surface area contributed by atoms with Crippen molar-refractivity contribution in [2.45, 2.75) is 13.3 Å². The Balaban J connectivity index is 1.46. The molecule has 28 heavy (non-hydrogen) atoms. The van der Waals surface area contributed by atoms with Gasteiger partial charge in [-0.15, -0.1) is 16.4 Å². The molecule has 4 rings (SSSR count). The Hall–Kier alpha value is -2.98. The summed E-state index contributed by atoms with van der Waals surface area (Å²) in [5.41, 5.74) is 8.03. The third-order valence-corrected chi connectivity index (χ3v) is 5.55. The van der Waals surface area contributed by atoms with Crippen molar-refractivity contribution in [2.75, 3.05) is 16.4 Å². The number of halogens is 1. The van der Waals surface area contributed by atoms with E-state index in [0.717, 1.165) is 26.4 Å². The number of nitrogens with zero attached hydrogens (tertiary/aromatic N) is 4. The molecule has 4 N–H and O–H groups in total. The zero-order chi connectivity index (χ0) is 19.7. The van der Waals surface area contributed by atoms with Gasteiger partial charge in [0.05, 0.1) is 6.42 Å². The number of anilines is 4. The van der Waals surface area contributed by atoms with Crippen LogP contribution in [0.2, 0.25) is 0 Å². The van der Waals surface area contributed by atoms with Gasteiger partial charge in [-0.3, -0.25) is 4.79 Å². The highest BCUT2D eigenvalue weighted by molar-refractivity contribution is 9.10. The predicted molar refractivity (Wildman–Crippen MR) is 114 cm³/mol. The number of nitrogens with two attached hydrogens (primary N) is 1. The van der Waals surface area contributed by atoms with Gasteiger partial charge in [0.25, 0.3) is 5.78 Å². The zero-order valence-corrected chi connectivity index (χ0v) is 17.2. The molecular formula is C18H16BrN7OS. The number of aromatic nitrogens is 4. The summed E-state index contributed by atoms with van der Waals surface area (Å²) in [6.07, 6.45) is 0.345. The van der Waals surface area contributed by atoms with Crippen LogP contribution < -0.4 is 16.4 Å². The molecule has 0 spiro atoms. The van der Waals surface area contributed by atoms with Crippen molar-refractivity contribution in [1.82, 2.24) is 19.6 Å². The molecule has 0 fully saturated rings. The van der Waals surface area contributed by atoms with E-state index in [1.165, 1.54) is 0 Å². The molecule has 0 aliphatic rings. The second-order valence-corrected chi connectivity index (χ2v) is 8.03. The van der Waals surface area contributed by atoms with Crippen LogP contribution in [0.3, 0.4) is 0 Å². The van der Waals surface area contributed by atoms with Crippen molar-refractivity contribution < 1.29 is 4.79 Å². The number of aryl methyl sites for hydroxylation is 1. The lowest BCUT2D eigenvalue weighted by Gasteiger charge is -2.10. The summed E-state index contributed by atoms with van der Waals surface area (Å²) in [4.78, 5) is 21.6. The first-order chi connectivity index (χ1) is 13.5. The highest BCUT2D eigenvalue weighted by Gasteiger charge is 2.09. The number of fused-ring (bicyclic) bond motifs is 1. The molecule has 0 saturated carbocycles. The van der Waals surface area contributed by atoms with Crippen LogP contribution in [0, 0.1) is 6.92 Å². The minimum Gasteiger partial charge on any atom is -0.366 e. The van der Waals surface area contributed by atoms with Crippen LogP contribution in [-0.2, 0) is 11.2 Å². The minimum atomic E-state index is -0.0559. The van der Waals surface area contributed by atoms with Crippen LogP contribution in [0.5, 0.6) is 0 Å². The molecule has 0 saturated heterocycles. The highest BCUT2D eigenvalue weighted by Crippen LogP contribution is 2.22. The maximum absolute atomic E-state index is 12.2. The molecule has 3 aromatic heterocycles. The van der Waals surface area contributed by atoms with Crippen LogP contribution in [0.4, 0.5) is 23.1 Å². The third kappa shape index (κ3) is 4.12. The lowest BCUT2D eigenvalue weighted by Crippen LogP contribution is -2.13. The first-order valence-electron chi connectivity index (χ1n) is 8.36. The monoisotopic (exact) mass is 457 g/mol. The van der Waals surface area contributed by atoms with Gasteiger partial charge < -0.3 is 16.4 Å². The maximum Gasteiger partial charge on any atom is 0.256 e. The number of carbonyl (C=O) groups excluding carboxylic acids is 1. The molecule has 0 atom stereocenters. The Morgan fingerprint density at radius 2 is 1.96 bits per heavy atom. The number of nitrogens with one attached hydrogen (secondary N) is 2. The van der Waals surface area contributed by atoms with E-state index in [0.29, 0.717) is 18.0 Å². The summed E-state index contributed by atoms with van der Waals surface area (Å²) in [6.45, 7) is 1.88. The fraction of sp³-hybridized carbons (Fsp3) is 0.111. The van der Waals surface area contributed by atoms with Crippen molar-refractivity contribution >= 4 is 62.1 Å². The molecule has 0 aliphatic carbocycles. The van der Waals surface area contributed by atoms with E-state index in [1.807, 2.05) is 48.7 Å². The molecule has 1 aromatic carbocycles. The lowest BCUT2D eigenvalue weighted by atomic mass is 10.2. The number of nitrogen functional groups attached to an aromatic ring is 1. The Kier molecular flexibility index (Phi) is 4.97. The van der Waals surface area contributed by atoms with E-state index in [4.69, 9.17) is 5.73 Å². The van der Waals surface area contributed by atoms with Crippen molar-refractivity contribution in [3.05, 3.63) is 56.8 Å². The average molecular weight is 458 g/mol. The van der Waals surface area contributed by atoms with Gasteiger partial charge in [0.15, 0.2) is 0 Å². The van der Waals surface area contributed by atoms with E-state index >= 15 is 0 Å². The molecule has 0 bridgehead atoms. The van der Waals surface area contributed by atoms with Crippen LogP contribution in [0.15, 0.2) is 46.3 Å². The molecule has 142 valence electrons. The van der Waals surface area contributed by atoms with Crippen molar-refractivity contribution in [2.24, 2.45) is 0 Å². The number of hydrogen-bond donors (Lipinski definition) is 3. The number of thiophene rings is 1. The lowest BCUT2D eigenvalue weighted by molar-refractivity contribution is -0.115. The number of benzene rings is 1. The van der Waals surface area contributed by atoms with Crippen LogP contribution in [0.1, 0.15) is 10.6 Å². The van der Waals surface area contributed by atoms with E-state index in [9.17, 15) is 4.79 Å². The molecule has 0 aliphatic heterocycles. The fourth-order valence-corrected chi connectivity index (χ4v) is 4.14. The Morgan fingerprint density at radius 3 is 2.68 bits per heavy atom. The topological polar surface area (TPSA) is 110 Å². The average Bonchev–Trinajstić information content (AvgIpc) is 3.21. The smallest absolute Gasteiger partial charge is 0.256 e. The molecule has 8 nitrogen and oxygen atoms in total. The molecule has 1 amide bonds. The van der Waals surface area contributed by atoms with Crippen molar-refractivity contribution in [1.29, 1.82) is 0 Å². The summed E-state index contributed by atoms with van der Waals surface area (Å²) in [5.74, 6) is 1.24. The number of rotatable bonds is 5. The normalized spacial score (nSPS) is 10.9. The molecule has 3 heterocycles. The Bertz CT molecular complexity index is 1150. The summed E-state index contributed by atoms with van der Waals surface area (Å²) in [6, 6.07) is 11.2. The van der Waals surface area contributed by atoms with Gasteiger partial charge >= 0.3 is 0 Å². The zero-order valence-electron chi connectivity index (χ0n) is 14.8. The first-order valence-corrected chi connectivity index (χ1v) is 10.0. The third-order valence-electron chi connectivity index (χ3n) is 3.85. The number of amides is 1. The Labute approximate surface area is 172 Å². The van der Waals surface area contributed by atoms with Gasteiger partial charge in [-0.1, -0.05) is 0 Å². The largest absolute Gasteiger partial charge is 0.366 e. The summed E-state index contributed by atoms with van der Waals surface area (Å²) < 4.78 is 2.54. The summed E-state index contributed by atoms with van der Waals surface area (Å²) in [5, 5.41) is 12.3. The Morgan fingerprint density at radius 1 is 1.21 bits per heavy atom. The SMILES string of the molecule is Cc1cc(Nc2ccc(NC(=O)Cc3cc(Br)cs3)cc2)n2nc(N)nc2n1. The van der Waals surface area contributed by atoms with Gasteiger partial charge in [0.1, 0.15) is 5.82 Å². The molecule has 0 unspecified atom stereocenters. The van der Waals surface area contributed by atoms with Gasteiger partial charge in [0, 0.05) is 37.9 Å². The number of hydrogen-bond acceptors (Lipinski definition) is 7. The van der Waals surface area contributed by atoms with E-state index < -0.39 is 0 Å².